The molecule has 0 radical (unpaired) electrons. The second kappa shape index (κ2) is 10.3. The highest BCUT2D eigenvalue weighted by Crippen LogP contribution is 2.21. The lowest BCUT2D eigenvalue weighted by Gasteiger charge is -2.30. The third-order valence-corrected chi connectivity index (χ3v) is 6.04. The van der Waals surface area contributed by atoms with E-state index in [1.165, 1.54) is 9.80 Å². The van der Waals surface area contributed by atoms with Crippen LogP contribution in [-0.4, -0.2) is 95.7 Å². The molecule has 32 heavy (non-hydrogen) atoms. The van der Waals surface area contributed by atoms with Gasteiger partial charge in [0.1, 0.15) is 36.7 Å². The fraction of sp³-hybridized carbons (Fsp3) is 0.650. The largest absolute Gasteiger partial charge is 0.345 e. The molecule has 0 aromatic rings. The van der Waals surface area contributed by atoms with Gasteiger partial charge in [0.15, 0.2) is 0 Å². The van der Waals surface area contributed by atoms with Crippen molar-refractivity contribution in [2.24, 2.45) is 0 Å². The van der Waals surface area contributed by atoms with Crippen LogP contribution >= 0.6 is 0 Å². The Morgan fingerprint density at radius 1 is 0.750 bits per heavy atom. The monoisotopic (exact) mass is 449 g/mol. The van der Waals surface area contributed by atoms with Crippen LogP contribution in [0.1, 0.15) is 38.5 Å². The summed E-state index contributed by atoms with van der Waals surface area (Å²) in [5, 5.41) is 7.48. The van der Waals surface area contributed by atoms with Crippen LogP contribution in [0.3, 0.4) is 0 Å². The van der Waals surface area contributed by atoms with E-state index in [9.17, 15) is 33.6 Å². The number of hydrogen-bond donors (Lipinski definition) is 3. The van der Waals surface area contributed by atoms with Crippen molar-refractivity contribution in [3.05, 3.63) is 0 Å². The van der Waals surface area contributed by atoms with Crippen LogP contribution in [0.5, 0.6) is 0 Å². The Labute approximate surface area is 184 Å². The number of carbonyl (C=O) groups is 7. The molecule has 0 aliphatic carbocycles. The summed E-state index contributed by atoms with van der Waals surface area (Å²) in [6, 6.07) is -4.09. The summed E-state index contributed by atoms with van der Waals surface area (Å²) in [5.41, 5.74) is 0. The number of aldehydes is 2. The molecule has 0 saturated carbocycles. The third-order valence-electron chi connectivity index (χ3n) is 6.04. The molecule has 3 aliphatic rings. The van der Waals surface area contributed by atoms with E-state index in [2.05, 4.69) is 16.0 Å². The van der Waals surface area contributed by atoms with Crippen molar-refractivity contribution in [1.29, 1.82) is 0 Å². The molecule has 0 spiro atoms. The maximum absolute atomic E-state index is 13.1. The van der Waals surface area contributed by atoms with Crippen molar-refractivity contribution in [2.45, 2.75) is 62.7 Å². The molecule has 174 valence electrons. The van der Waals surface area contributed by atoms with Crippen molar-refractivity contribution in [3.63, 3.8) is 0 Å². The maximum atomic E-state index is 13.1. The molecule has 3 saturated heterocycles. The van der Waals surface area contributed by atoms with E-state index in [0.29, 0.717) is 44.8 Å². The topological polar surface area (TPSA) is 162 Å². The van der Waals surface area contributed by atoms with Gasteiger partial charge in [-0.2, -0.15) is 0 Å². The van der Waals surface area contributed by atoms with Gasteiger partial charge in [-0.1, -0.05) is 0 Å². The number of rotatable bonds is 4. The number of hydrogen-bond acceptors (Lipinski definition) is 7. The van der Waals surface area contributed by atoms with Gasteiger partial charge in [-0.15, -0.1) is 0 Å². The smallest absolute Gasteiger partial charge is 0.246 e. The lowest BCUT2D eigenvalue weighted by molar-refractivity contribution is -0.143. The molecule has 3 N–H and O–H groups in total. The highest BCUT2D eigenvalue weighted by molar-refractivity contribution is 5.98. The summed E-state index contributed by atoms with van der Waals surface area (Å²) in [6.45, 7) is 0.155. The quantitative estimate of drug-likeness (QED) is 0.392. The molecule has 3 fully saturated rings. The van der Waals surface area contributed by atoms with E-state index in [1.807, 2.05) is 0 Å². The second-order valence-corrected chi connectivity index (χ2v) is 8.08. The zero-order valence-electron chi connectivity index (χ0n) is 17.6. The van der Waals surface area contributed by atoms with Gasteiger partial charge in [0.05, 0.1) is 6.54 Å². The third kappa shape index (κ3) is 4.94. The van der Waals surface area contributed by atoms with E-state index in [1.54, 1.807) is 0 Å². The van der Waals surface area contributed by atoms with Crippen LogP contribution in [0.15, 0.2) is 0 Å². The van der Waals surface area contributed by atoms with E-state index >= 15 is 0 Å². The van der Waals surface area contributed by atoms with E-state index in [4.69, 9.17) is 0 Å². The molecule has 0 bridgehead atoms. The van der Waals surface area contributed by atoms with Gasteiger partial charge in [0, 0.05) is 25.9 Å². The van der Waals surface area contributed by atoms with Gasteiger partial charge in [-0.3, -0.25) is 24.0 Å². The zero-order chi connectivity index (χ0) is 23.3. The first-order valence-electron chi connectivity index (χ1n) is 10.7. The minimum absolute atomic E-state index is 0.251. The van der Waals surface area contributed by atoms with Crippen molar-refractivity contribution < 1.29 is 33.6 Å². The Morgan fingerprint density at radius 3 is 1.91 bits per heavy atom. The fourth-order valence-electron chi connectivity index (χ4n) is 4.41. The summed E-state index contributed by atoms with van der Waals surface area (Å²) < 4.78 is 0. The van der Waals surface area contributed by atoms with Crippen LogP contribution in [0.4, 0.5) is 0 Å². The van der Waals surface area contributed by atoms with Gasteiger partial charge >= 0.3 is 0 Å². The molecule has 3 aliphatic heterocycles. The Bertz CT molecular complexity index is 816. The molecular formula is C20H27N5O7. The van der Waals surface area contributed by atoms with E-state index in [-0.39, 0.29) is 19.4 Å². The predicted octanol–water partition coefficient (Wildman–Crippen LogP) is -2.75. The number of amides is 5. The van der Waals surface area contributed by atoms with Gasteiger partial charge in [-0.05, 0) is 25.7 Å². The molecule has 0 aromatic carbocycles. The SMILES string of the molecule is O=CCC1NC(=O)C2CCCN2C(=O)CNC(=O)[C@@H](CC=O)NC(=O)[C@@H]2CCCN2C1=O. The molecule has 3 rings (SSSR count). The highest BCUT2D eigenvalue weighted by atomic mass is 16.2. The maximum Gasteiger partial charge on any atom is 0.246 e. The molecule has 2 unspecified atom stereocenters. The number of nitrogens with one attached hydrogen (secondary N) is 3. The summed E-state index contributed by atoms with van der Waals surface area (Å²) >= 11 is 0. The Morgan fingerprint density at radius 2 is 1.28 bits per heavy atom. The first-order valence-corrected chi connectivity index (χ1v) is 10.7. The standard InChI is InChI=1S/C20H27N5O7/c26-9-5-12-17(29)21-11-16(28)24-7-1-3-14(24)18(30)23-13(6-10-27)20(32)25-8-2-4-15(25)19(31)22-12/h9-10,12-15H,1-8,11H2,(H,21,29)(H,22,31)(H,23,30)/t12-,13?,14?,15+/m1/s1. The minimum Gasteiger partial charge on any atom is -0.345 e. The molecule has 5 amide bonds. The van der Waals surface area contributed by atoms with Crippen LogP contribution in [0.25, 0.3) is 0 Å². The minimum atomic E-state index is -1.20. The Kier molecular flexibility index (Phi) is 7.54. The average Bonchev–Trinajstić information content (AvgIpc) is 3.45. The molecular weight excluding hydrogens is 422 g/mol. The summed E-state index contributed by atoms with van der Waals surface area (Å²) in [6.07, 6.45) is 2.25. The van der Waals surface area contributed by atoms with E-state index in [0.717, 1.165) is 0 Å². The van der Waals surface area contributed by atoms with Gasteiger partial charge in [0.25, 0.3) is 0 Å². The fourth-order valence-corrected chi connectivity index (χ4v) is 4.41. The molecule has 12 nitrogen and oxygen atoms in total. The van der Waals surface area contributed by atoms with Crippen LogP contribution in [-0.2, 0) is 33.6 Å². The summed E-state index contributed by atoms with van der Waals surface area (Å²) in [7, 11) is 0. The van der Waals surface area contributed by atoms with E-state index < -0.39 is 60.2 Å². The molecule has 3 heterocycles. The number of fused-ring (bicyclic) bond motifs is 2. The summed E-state index contributed by atoms with van der Waals surface area (Å²) in [4.78, 5) is 88.8. The first-order chi connectivity index (χ1) is 15.4. The second-order valence-electron chi connectivity index (χ2n) is 8.08. The number of nitrogens with zero attached hydrogens (tertiary/aromatic N) is 2. The molecule has 4 atom stereocenters. The molecule has 0 aromatic heterocycles. The van der Waals surface area contributed by atoms with Crippen molar-refractivity contribution >= 4 is 42.1 Å². The Balaban J connectivity index is 1.92. The normalized spacial score (nSPS) is 29.8. The lowest BCUT2D eigenvalue weighted by atomic mass is 10.1. The molecule has 12 heteroatoms. The van der Waals surface area contributed by atoms with Crippen LogP contribution < -0.4 is 16.0 Å². The van der Waals surface area contributed by atoms with Crippen molar-refractivity contribution in [2.75, 3.05) is 19.6 Å². The van der Waals surface area contributed by atoms with Gasteiger partial charge < -0.3 is 35.3 Å². The Hall–Kier alpha value is -3.31. The van der Waals surface area contributed by atoms with Crippen molar-refractivity contribution in [1.82, 2.24) is 25.8 Å². The predicted molar refractivity (Wildman–Crippen MR) is 108 cm³/mol. The lowest BCUT2D eigenvalue weighted by Crippen LogP contribution is -2.57. The zero-order valence-corrected chi connectivity index (χ0v) is 17.6. The summed E-state index contributed by atoms with van der Waals surface area (Å²) in [5.74, 6) is -2.96. The van der Waals surface area contributed by atoms with Crippen LogP contribution in [0, 0.1) is 0 Å². The van der Waals surface area contributed by atoms with Gasteiger partial charge in [0.2, 0.25) is 29.5 Å². The number of carbonyl (C=O) groups excluding carboxylic acids is 7. The van der Waals surface area contributed by atoms with Crippen LogP contribution in [0.2, 0.25) is 0 Å². The highest BCUT2D eigenvalue weighted by Gasteiger charge is 2.41. The van der Waals surface area contributed by atoms with Crippen molar-refractivity contribution in [3.8, 4) is 0 Å². The first kappa shape index (κ1) is 23.4. The van der Waals surface area contributed by atoms with Gasteiger partial charge in [-0.25, -0.2) is 0 Å². The average molecular weight is 449 g/mol.